The van der Waals surface area contributed by atoms with E-state index < -0.39 is 0 Å². The summed E-state index contributed by atoms with van der Waals surface area (Å²) in [7, 11) is 4.08. The van der Waals surface area contributed by atoms with E-state index in [-0.39, 0.29) is 17.4 Å². The number of nitrogens with zero attached hydrogens (tertiary/aromatic N) is 2. The van der Waals surface area contributed by atoms with Gasteiger partial charge in [0.2, 0.25) is 5.91 Å². The van der Waals surface area contributed by atoms with E-state index in [1.54, 1.807) is 0 Å². The summed E-state index contributed by atoms with van der Waals surface area (Å²) in [4.78, 5) is 16.7. The number of hydrogen-bond acceptors (Lipinski definition) is 3. The molecule has 0 aromatic carbocycles. The maximum atomic E-state index is 12.6. The van der Waals surface area contributed by atoms with Gasteiger partial charge in [-0.05, 0) is 40.8 Å². The number of likely N-dealkylation sites (N-methyl/N-ethyl adjacent to an activating group) is 2. The zero-order chi connectivity index (χ0) is 13.1. The van der Waals surface area contributed by atoms with Gasteiger partial charge in [-0.25, -0.2) is 0 Å². The molecule has 0 aliphatic heterocycles. The van der Waals surface area contributed by atoms with E-state index in [4.69, 9.17) is 5.73 Å². The molecule has 0 bridgehead atoms. The van der Waals surface area contributed by atoms with E-state index >= 15 is 0 Å². The smallest absolute Gasteiger partial charge is 0.230 e. The highest BCUT2D eigenvalue weighted by atomic mass is 16.2. The summed E-state index contributed by atoms with van der Waals surface area (Å²) in [5, 5.41) is 0. The molecule has 17 heavy (non-hydrogen) atoms. The summed E-state index contributed by atoms with van der Waals surface area (Å²) in [5.41, 5.74) is 5.57. The van der Waals surface area contributed by atoms with Crippen LogP contribution in [-0.4, -0.2) is 55.5 Å². The van der Waals surface area contributed by atoms with Crippen molar-refractivity contribution in [2.45, 2.75) is 39.2 Å². The predicted molar refractivity (Wildman–Crippen MR) is 70.7 cm³/mol. The van der Waals surface area contributed by atoms with Crippen LogP contribution < -0.4 is 5.73 Å². The van der Waals surface area contributed by atoms with Crippen LogP contribution in [0.5, 0.6) is 0 Å². The molecule has 2 N–H and O–H groups in total. The van der Waals surface area contributed by atoms with Gasteiger partial charge in [-0.3, -0.25) is 4.79 Å². The van der Waals surface area contributed by atoms with Crippen molar-refractivity contribution in [1.82, 2.24) is 9.80 Å². The van der Waals surface area contributed by atoms with E-state index in [2.05, 4.69) is 11.8 Å². The summed E-state index contributed by atoms with van der Waals surface area (Å²) in [6.07, 6.45) is 3.07. The van der Waals surface area contributed by atoms with Crippen LogP contribution in [0.3, 0.4) is 0 Å². The van der Waals surface area contributed by atoms with Crippen LogP contribution >= 0.6 is 0 Å². The zero-order valence-electron chi connectivity index (χ0n) is 11.7. The van der Waals surface area contributed by atoms with Crippen molar-refractivity contribution in [2.24, 2.45) is 11.1 Å². The molecular weight excluding hydrogens is 214 g/mol. The summed E-state index contributed by atoms with van der Waals surface area (Å²) in [5.74, 6) is 0.267. The minimum absolute atomic E-state index is 0.240. The lowest BCUT2D eigenvalue weighted by Gasteiger charge is -2.44. The van der Waals surface area contributed by atoms with Gasteiger partial charge in [0, 0.05) is 25.7 Å². The Kier molecular flexibility index (Phi) is 4.95. The molecule has 1 unspecified atom stereocenters. The molecule has 0 spiro atoms. The molecule has 0 heterocycles. The standard InChI is InChI=1S/C13H27N3O/c1-5-16(11(2)9-15(3)4)12(17)13(10-14)7-6-8-13/h11H,5-10,14H2,1-4H3. The zero-order valence-corrected chi connectivity index (χ0v) is 11.7. The SMILES string of the molecule is CCN(C(=O)C1(CN)CCC1)C(C)CN(C)C. The maximum absolute atomic E-state index is 12.6. The Morgan fingerprint density at radius 3 is 2.29 bits per heavy atom. The van der Waals surface area contributed by atoms with Gasteiger partial charge in [0.25, 0.3) is 0 Å². The first-order chi connectivity index (χ1) is 7.96. The number of rotatable bonds is 6. The number of hydrogen-bond donors (Lipinski definition) is 1. The van der Waals surface area contributed by atoms with Crippen molar-refractivity contribution in [1.29, 1.82) is 0 Å². The van der Waals surface area contributed by atoms with Gasteiger partial charge in [-0.1, -0.05) is 6.42 Å². The molecule has 100 valence electrons. The van der Waals surface area contributed by atoms with Gasteiger partial charge in [0.15, 0.2) is 0 Å². The van der Waals surface area contributed by atoms with Crippen LogP contribution in [0, 0.1) is 5.41 Å². The molecule has 1 atom stereocenters. The Labute approximate surface area is 105 Å². The molecule has 1 rings (SSSR count). The van der Waals surface area contributed by atoms with E-state index in [0.717, 1.165) is 32.4 Å². The Bertz CT molecular complexity index is 256. The van der Waals surface area contributed by atoms with Crippen molar-refractivity contribution in [3.05, 3.63) is 0 Å². The molecule has 0 radical (unpaired) electrons. The van der Waals surface area contributed by atoms with Gasteiger partial charge in [-0.2, -0.15) is 0 Å². The number of carbonyl (C=O) groups excluding carboxylic acids is 1. The van der Waals surface area contributed by atoms with Crippen molar-refractivity contribution >= 4 is 5.91 Å². The van der Waals surface area contributed by atoms with Crippen LogP contribution in [0.1, 0.15) is 33.1 Å². The van der Waals surface area contributed by atoms with Gasteiger partial charge >= 0.3 is 0 Å². The molecule has 0 saturated heterocycles. The summed E-state index contributed by atoms with van der Waals surface area (Å²) in [6, 6.07) is 0.256. The molecule has 0 aromatic rings. The Morgan fingerprint density at radius 2 is 2.00 bits per heavy atom. The molecule has 1 saturated carbocycles. The van der Waals surface area contributed by atoms with E-state index in [1.807, 2.05) is 25.9 Å². The lowest BCUT2D eigenvalue weighted by Crippen LogP contribution is -2.55. The number of nitrogens with two attached hydrogens (primary N) is 1. The first-order valence-corrected chi connectivity index (χ1v) is 6.62. The molecular formula is C13H27N3O. The quantitative estimate of drug-likeness (QED) is 0.752. The van der Waals surface area contributed by atoms with E-state index in [0.29, 0.717) is 6.54 Å². The third-order valence-corrected chi connectivity index (χ3v) is 3.92. The number of amides is 1. The monoisotopic (exact) mass is 241 g/mol. The Balaban J connectivity index is 2.69. The molecule has 0 aromatic heterocycles. The second kappa shape index (κ2) is 5.83. The van der Waals surface area contributed by atoms with Crippen LogP contribution in [0.4, 0.5) is 0 Å². The fourth-order valence-corrected chi connectivity index (χ4v) is 2.70. The molecule has 4 nitrogen and oxygen atoms in total. The average molecular weight is 241 g/mol. The topological polar surface area (TPSA) is 49.6 Å². The first kappa shape index (κ1) is 14.5. The largest absolute Gasteiger partial charge is 0.338 e. The normalized spacial score (nSPS) is 19.9. The predicted octanol–water partition coefficient (Wildman–Crippen LogP) is 0.914. The lowest BCUT2D eigenvalue weighted by molar-refractivity contribution is -0.148. The summed E-state index contributed by atoms with van der Waals surface area (Å²) < 4.78 is 0. The second-order valence-corrected chi connectivity index (χ2v) is 5.54. The Hall–Kier alpha value is -0.610. The summed E-state index contributed by atoms with van der Waals surface area (Å²) in [6.45, 7) is 6.34. The third-order valence-electron chi connectivity index (χ3n) is 3.92. The molecule has 1 aliphatic carbocycles. The highest BCUT2D eigenvalue weighted by molar-refractivity contribution is 5.84. The molecule has 1 aliphatic rings. The fraction of sp³-hybridized carbons (Fsp3) is 0.923. The number of carbonyl (C=O) groups is 1. The highest BCUT2D eigenvalue weighted by Crippen LogP contribution is 2.41. The third kappa shape index (κ3) is 2.99. The van der Waals surface area contributed by atoms with Crippen molar-refractivity contribution in [3.8, 4) is 0 Å². The summed E-state index contributed by atoms with van der Waals surface area (Å²) >= 11 is 0. The van der Waals surface area contributed by atoms with Gasteiger partial charge in [-0.15, -0.1) is 0 Å². The Morgan fingerprint density at radius 1 is 1.41 bits per heavy atom. The fourth-order valence-electron chi connectivity index (χ4n) is 2.70. The molecule has 1 fully saturated rings. The van der Waals surface area contributed by atoms with E-state index in [1.165, 1.54) is 0 Å². The first-order valence-electron chi connectivity index (χ1n) is 6.62. The van der Waals surface area contributed by atoms with Crippen molar-refractivity contribution in [3.63, 3.8) is 0 Å². The van der Waals surface area contributed by atoms with Crippen molar-refractivity contribution < 1.29 is 4.79 Å². The maximum Gasteiger partial charge on any atom is 0.230 e. The lowest BCUT2D eigenvalue weighted by atomic mass is 9.67. The van der Waals surface area contributed by atoms with Crippen LogP contribution in [0.25, 0.3) is 0 Å². The van der Waals surface area contributed by atoms with Crippen LogP contribution in [0.15, 0.2) is 0 Å². The van der Waals surface area contributed by atoms with Crippen LogP contribution in [0.2, 0.25) is 0 Å². The van der Waals surface area contributed by atoms with Gasteiger partial charge < -0.3 is 15.5 Å². The minimum Gasteiger partial charge on any atom is -0.338 e. The molecule has 1 amide bonds. The van der Waals surface area contributed by atoms with Gasteiger partial charge in [0.05, 0.1) is 5.41 Å². The van der Waals surface area contributed by atoms with Crippen LogP contribution in [-0.2, 0) is 4.79 Å². The van der Waals surface area contributed by atoms with E-state index in [9.17, 15) is 4.79 Å². The average Bonchev–Trinajstić information content (AvgIpc) is 2.16. The molecule has 4 heteroatoms. The van der Waals surface area contributed by atoms with Gasteiger partial charge in [0.1, 0.15) is 0 Å². The second-order valence-electron chi connectivity index (χ2n) is 5.54. The minimum atomic E-state index is -0.240. The van der Waals surface area contributed by atoms with Crippen molar-refractivity contribution in [2.75, 3.05) is 33.7 Å². The highest BCUT2D eigenvalue weighted by Gasteiger charge is 2.45.